The van der Waals surface area contributed by atoms with Crippen molar-refractivity contribution < 1.29 is 9.00 Å². The standard InChI is InChI=1S/C29H37ClN2O2S/c1-20(2)35(34)26-10-8-23(9-11-26)22(4)24-12-16-31(17-13-24)25-14-18-32(19-15-25)29(33)27-7-5-6-21(3)28(27)30/h5-11,20,25H,12-19H2,1-4H3. The Morgan fingerprint density at radius 1 is 1.00 bits per heavy atom. The average Bonchev–Trinajstić information content (AvgIpc) is 2.89. The van der Waals surface area contributed by atoms with E-state index in [1.165, 1.54) is 16.7 Å². The second-order valence-electron chi connectivity index (χ2n) is 10.1. The first-order chi connectivity index (χ1) is 16.8. The van der Waals surface area contributed by atoms with Gasteiger partial charge in [-0.05, 0) is 74.4 Å². The summed E-state index contributed by atoms with van der Waals surface area (Å²) in [5, 5.41) is 0.711. The Labute approximate surface area is 217 Å². The molecular weight excluding hydrogens is 476 g/mol. The molecule has 0 aliphatic carbocycles. The number of hydrogen-bond donors (Lipinski definition) is 0. The molecule has 0 N–H and O–H groups in total. The highest BCUT2D eigenvalue weighted by Crippen LogP contribution is 2.30. The van der Waals surface area contributed by atoms with Crippen molar-refractivity contribution in [2.75, 3.05) is 26.2 Å². The molecule has 2 saturated heterocycles. The molecule has 2 heterocycles. The van der Waals surface area contributed by atoms with Crippen LogP contribution >= 0.6 is 11.6 Å². The SMILES string of the molecule is CC(=C1CCN(C2CCN(C(=O)c3cccc(C)c3Cl)CC2)CC1)c1ccc(S(=O)C(C)C)cc1. The molecule has 4 nitrogen and oxygen atoms in total. The summed E-state index contributed by atoms with van der Waals surface area (Å²) in [7, 11) is -0.942. The number of allylic oxidation sites excluding steroid dienone is 1. The Morgan fingerprint density at radius 3 is 2.23 bits per heavy atom. The minimum absolute atomic E-state index is 0.0554. The van der Waals surface area contributed by atoms with Gasteiger partial charge in [-0.25, -0.2) is 0 Å². The van der Waals surface area contributed by atoms with Crippen molar-refractivity contribution in [3.8, 4) is 0 Å². The summed E-state index contributed by atoms with van der Waals surface area (Å²) in [6, 6.07) is 14.5. The summed E-state index contributed by atoms with van der Waals surface area (Å²) in [5.41, 5.74) is 5.69. The first kappa shape index (κ1) is 26.1. The molecule has 4 rings (SSSR count). The van der Waals surface area contributed by atoms with E-state index in [1.807, 2.05) is 56.0 Å². The van der Waals surface area contributed by atoms with Crippen LogP contribution in [0, 0.1) is 6.92 Å². The zero-order chi connectivity index (χ0) is 25.1. The molecule has 1 amide bonds. The summed E-state index contributed by atoms with van der Waals surface area (Å²) in [6.45, 7) is 11.9. The van der Waals surface area contributed by atoms with Crippen LogP contribution in [0.25, 0.3) is 5.57 Å². The Kier molecular flexibility index (Phi) is 8.51. The van der Waals surface area contributed by atoms with Crippen LogP contribution in [0.15, 0.2) is 52.9 Å². The van der Waals surface area contributed by atoms with Crippen LogP contribution in [0.2, 0.25) is 5.02 Å². The van der Waals surface area contributed by atoms with Gasteiger partial charge in [-0.1, -0.05) is 55.3 Å². The van der Waals surface area contributed by atoms with Crippen molar-refractivity contribution in [3.05, 3.63) is 69.8 Å². The number of nitrogens with zero attached hydrogens (tertiary/aromatic N) is 2. The molecule has 0 spiro atoms. The highest BCUT2D eigenvalue weighted by atomic mass is 35.5. The van der Waals surface area contributed by atoms with Gasteiger partial charge in [-0.2, -0.15) is 0 Å². The maximum atomic E-state index is 13.0. The van der Waals surface area contributed by atoms with Gasteiger partial charge in [0.1, 0.15) is 0 Å². The molecule has 2 aromatic rings. The van der Waals surface area contributed by atoms with Crippen molar-refractivity contribution in [2.45, 2.75) is 69.6 Å². The predicted molar refractivity (Wildman–Crippen MR) is 147 cm³/mol. The van der Waals surface area contributed by atoms with Gasteiger partial charge in [0.05, 0.1) is 21.4 Å². The smallest absolute Gasteiger partial charge is 0.255 e. The van der Waals surface area contributed by atoms with Crippen molar-refractivity contribution in [3.63, 3.8) is 0 Å². The summed E-state index contributed by atoms with van der Waals surface area (Å²) in [6.07, 6.45) is 4.20. The van der Waals surface area contributed by atoms with Crippen molar-refractivity contribution in [1.82, 2.24) is 9.80 Å². The van der Waals surface area contributed by atoms with E-state index in [2.05, 4.69) is 24.0 Å². The highest BCUT2D eigenvalue weighted by Gasteiger charge is 2.30. The fourth-order valence-electron chi connectivity index (χ4n) is 5.27. The van der Waals surface area contributed by atoms with E-state index in [9.17, 15) is 9.00 Å². The van der Waals surface area contributed by atoms with Crippen molar-refractivity contribution in [2.24, 2.45) is 0 Å². The van der Waals surface area contributed by atoms with Gasteiger partial charge in [-0.15, -0.1) is 0 Å². The lowest BCUT2D eigenvalue weighted by molar-refractivity contribution is 0.0608. The lowest BCUT2D eigenvalue weighted by Crippen LogP contribution is -2.48. The molecule has 6 heteroatoms. The van der Waals surface area contributed by atoms with Crippen LogP contribution in [0.4, 0.5) is 0 Å². The van der Waals surface area contributed by atoms with Crippen LogP contribution < -0.4 is 0 Å². The maximum Gasteiger partial charge on any atom is 0.255 e. The van der Waals surface area contributed by atoms with Crippen LogP contribution in [0.3, 0.4) is 0 Å². The first-order valence-electron chi connectivity index (χ1n) is 12.7. The summed E-state index contributed by atoms with van der Waals surface area (Å²) < 4.78 is 12.3. The van der Waals surface area contributed by atoms with E-state index in [0.717, 1.165) is 62.3 Å². The predicted octanol–water partition coefficient (Wildman–Crippen LogP) is 6.34. The number of piperidine rings is 2. The first-order valence-corrected chi connectivity index (χ1v) is 14.3. The third-order valence-corrected chi connectivity index (χ3v) is 9.66. The molecule has 188 valence electrons. The lowest BCUT2D eigenvalue weighted by atomic mass is 9.92. The normalized spacial score (nSPS) is 18.7. The molecule has 1 unspecified atom stereocenters. The van der Waals surface area contributed by atoms with E-state index < -0.39 is 10.8 Å². The Bertz CT molecular complexity index is 1110. The van der Waals surface area contributed by atoms with Crippen LogP contribution in [0.1, 0.15) is 67.9 Å². The number of aryl methyl sites for hydroxylation is 1. The van der Waals surface area contributed by atoms with E-state index >= 15 is 0 Å². The average molecular weight is 513 g/mol. The number of benzene rings is 2. The molecule has 0 radical (unpaired) electrons. The Balaban J connectivity index is 1.31. The fraction of sp³-hybridized carbons (Fsp3) is 0.483. The second-order valence-corrected chi connectivity index (χ2v) is 12.5. The second kappa shape index (κ2) is 11.4. The molecule has 0 saturated carbocycles. The molecule has 1 atom stereocenters. The molecule has 2 aromatic carbocycles. The number of carbonyl (C=O) groups excluding carboxylic acids is 1. The van der Waals surface area contributed by atoms with Crippen LogP contribution in [-0.2, 0) is 10.8 Å². The highest BCUT2D eigenvalue weighted by molar-refractivity contribution is 7.85. The largest absolute Gasteiger partial charge is 0.338 e. The third kappa shape index (κ3) is 5.90. The molecular formula is C29H37ClN2O2S. The van der Waals surface area contributed by atoms with Gasteiger partial charge < -0.3 is 4.90 Å². The summed E-state index contributed by atoms with van der Waals surface area (Å²) >= 11 is 6.40. The topological polar surface area (TPSA) is 40.6 Å². The van der Waals surface area contributed by atoms with Gasteiger partial charge in [-0.3, -0.25) is 13.9 Å². The third-order valence-electron chi connectivity index (χ3n) is 7.57. The minimum atomic E-state index is -0.942. The zero-order valence-electron chi connectivity index (χ0n) is 21.4. The monoisotopic (exact) mass is 512 g/mol. The van der Waals surface area contributed by atoms with Crippen molar-refractivity contribution >= 4 is 33.9 Å². The van der Waals surface area contributed by atoms with Gasteiger partial charge in [0, 0.05) is 42.4 Å². The number of amides is 1. The molecule has 2 aliphatic rings. The van der Waals surface area contributed by atoms with E-state index in [4.69, 9.17) is 11.6 Å². The quantitative estimate of drug-likeness (QED) is 0.469. The molecule has 2 fully saturated rings. The molecule has 2 aliphatic heterocycles. The van der Waals surface area contributed by atoms with E-state index in [1.54, 1.807) is 0 Å². The fourth-order valence-corrected chi connectivity index (χ4v) is 6.42. The molecule has 0 aromatic heterocycles. The van der Waals surface area contributed by atoms with Gasteiger partial charge in [0.25, 0.3) is 5.91 Å². The number of rotatable bonds is 5. The maximum absolute atomic E-state index is 13.0. The van der Waals surface area contributed by atoms with Gasteiger partial charge in [0.15, 0.2) is 0 Å². The number of carbonyl (C=O) groups is 1. The minimum Gasteiger partial charge on any atom is -0.338 e. The lowest BCUT2D eigenvalue weighted by Gasteiger charge is -2.41. The number of likely N-dealkylation sites (tertiary alicyclic amines) is 2. The molecule has 0 bridgehead atoms. The van der Waals surface area contributed by atoms with Gasteiger partial charge >= 0.3 is 0 Å². The summed E-state index contributed by atoms with van der Waals surface area (Å²) in [5.74, 6) is 0.0554. The molecule has 35 heavy (non-hydrogen) atoms. The van der Waals surface area contributed by atoms with Gasteiger partial charge in [0.2, 0.25) is 0 Å². The summed E-state index contributed by atoms with van der Waals surface area (Å²) in [4.78, 5) is 18.5. The van der Waals surface area contributed by atoms with Crippen LogP contribution in [0.5, 0.6) is 0 Å². The van der Waals surface area contributed by atoms with Crippen LogP contribution in [-0.4, -0.2) is 57.4 Å². The van der Waals surface area contributed by atoms with E-state index in [-0.39, 0.29) is 11.2 Å². The Morgan fingerprint density at radius 2 is 1.63 bits per heavy atom. The number of hydrogen-bond acceptors (Lipinski definition) is 3. The number of halogens is 1. The zero-order valence-corrected chi connectivity index (χ0v) is 22.9. The van der Waals surface area contributed by atoms with E-state index in [0.29, 0.717) is 16.6 Å². The van der Waals surface area contributed by atoms with Crippen molar-refractivity contribution in [1.29, 1.82) is 0 Å². The Hall–Kier alpha value is -1.95.